The first kappa shape index (κ1) is 16.1. The van der Waals surface area contributed by atoms with E-state index in [1.165, 1.54) is 0 Å². The Labute approximate surface area is 137 Å². The number of aliphatic hydroxyl groups is 1. The average molecular weight is 316 g/mol. The Hall–Kier alpha value is -1.81. The lowest BCUT2D eigenvalue weighted by Crippen LogP contribution is -2.50. The van der Waals surface area contributed by atoms with Crippen LogP contribution < -0.4 is 4.74 Å². The van der Waals surface area contributed by atoms with Gasteiger partial charge < -0.3 is 14.6 Å². The quantitative estimate of drug-likeness (QED) is 0.511. The van der Waals surface area contributed by atoms with Crippen LogP contribution in [0.4, 0.5) is 4.79 Å². The summed E-state index contributed by atoms with van der Waals surface area (Å²) in [5.74, 6) is -0.716. The van der Waals surface area contributed by atoms with E-state index in [9.17, 15) is 9.90 Å². The van der Waals surface area contributed by atoms with Crippen molar-refractivity contribution in [3.8, 4) is 5.75 Å². The van der Waals surface area contributed by atoms with E-state index in [1.807, 2.05) is 6.92 Å². The van der Waals surface area contributed by atoms with Crippen LogP contribution in [-0.4, -0.2) is 17.0 Å². The van der Waals surface area contributed by atoms with Crippen LogP contribution in [0.15, 0.2) is 30.8 Å². The van der Waals surface area contributed by atoms with Crippen LogP contribution in [-0.2, 0) is 4.74 Å². The molecule has 2 fully saturated rings. The molecule has 0 aliphatic heterocycles. The van der Waals surface area contributed by atoms with Gasteiger partial charge in [0.05, 0.1) is 0 Å². The van der Waals surface area contributed by atoms with Gasteiger partial charge in [0.2, 0.25) is 5.79 Å². The van der Waals surface area contributed by atoms with Crippen molar-refractivity contribution in [2.75, 3.05) is 0 Å². The third-order valence-corrected chi connectivity index (χ3v) is 6.39. The van der Waals surface area contributed by atoms with Crippen molar-refractivity contribution in [2.24, 2.45) is 16.7 Å². The predicted octanol–water partition coefficient (Wildman–Crippen LogP) is 4.38. The molecular weight excluding hydrogens is 292 g/mol. The second kappa shape index (κ2) is 5.10. The van der Waals surface area contributed by atoms with Gasteiger partial charge in [-0.25, -0.2) is 4.79 Å². The van der Waals surface area contributed by atoms with Crippen molar-refractivity contribution in [3.05, 3.63) is 36.4 Å². The average Bonchev–Trinajstić information content (AvgIpc) is 2.79. The maximum Gasteiger partial charge on any atom is 0.516 e. The Balaban J connectivity index is 1.71. The minimum atomic E-state index is -1.46. The standard InChI is InChI=1S/C19H24O4/c1-5-13-6-8-15(9-7-13)22-16(20)23-19(21)12-14-10-11-18(19,4)17(14,2)3/h5-9,14,21H,1,10-12H2,2-4H3. The molecule has 0 aromatic heterocycles. The molecule has 3 unspecified atom stereocenters. The Morgan fingerprint density at radius 3 is 2.43 bits per heavy atom. The molecule has 1 aromatic carbocycles. The van der Waals surface area contributed by atoms with Crippen molar-refractivity contribution >= 4 is 12.2 Å². The summed E-state index contributed by atoms with van der Waals surface area (Å²) in [5, 5.41) is 11.0. The van der Waals surface area contributed by atoms with Crippen molar-refractivity contribution in [1.29, 1.82) is 0 Å². The van der Waals surface area contributed by atoms with Crippen molar-refractivity contribution in [1.82, 2.24) is 0 Å². The number of hydrogen-bond acceptors (Lipinski definition) is 4. The molecule has 1 aromatic rings. The Kier molecular flexibility index (Phi) is 3.56. The van der Waals surface area contributed by atoms with Gasteiger partial charge in [-0.3, -0.25) is 0 Å². The first-order valence-electron chi connectivity index (χ1n) is 8.07. The van der Waals surface area contributed by atoms with Gasteiger partial charge in [0.1, 0.15) is 5.75 Å². The zero-order chi connectivity index (χ0) is 16.9. The number of carbonyl (C=O) groups excluding carboxylic acids is 1. The molecule has 23 heavy (non-hydrogen) atoms. The van der Waals surface area contributed by atoms with E-state index < -0.39 is 17.4 Å². The van der Waals surface area contributed by atoms with E-state index >= 15 is 0 Å². The summed E-state index contributed by atoms with van der Waals surface area (Å²) in [6.07, 6.45) is 3.24. The highest BCUT2D eigenvalue weighted by Crippen LogP contribution is 2.69. The van der Waals surface area contributed by atoms with Gasteiger partial charge in [0, 0.05) is 11.8 Å². The fourth-order valence-corrected chi connectivity index (χ4v) is 4.29. The van der Waals surface area contributed by atoms with Crippen LogP contribution in [0.25, 0.3) is 6.08 Å². The second-order valence-corrected chi connectivity index (χ2v) is 7.51. The minimum Gasteiger partial charge on any atom is -0.401 e. The fraction of sp³-hybridized carbons (Fsp3) is 0.526. The second-order valence-electron chi connectivity index (χ2n) is 7.51. The summed E-state index contributed by atoms with van der Waals surface area (Å²) in [6, 6.07) is 6.95. The molecular formula is C19H24O4. The molecule has 4 heteroatoms. The Morgan fingerprint density at radius 2 is 1.96 bits per heavy atom. The summed E-state index contributed by atoms with van der Waals surface area (Å²) >= 11 is 0. The number of carbonyl (C=O) groups is 1. The summed E-state index contributed by atoms with van der Waals surface area (Å²) in [4.78, 5) is 12.1. The zero-order valence-electron chi connectivity index (χ0n) is 14.0. The molecule has 0 spiro atoms. The molecule has 0 saturated heterocycles. The summed E-state index contributed by atoms with van der Waals surface area (Å²) < 4.78 is 10.6. The third kappa shape index (κ3) is 2.27. The fourth-order valence-electron chi connectivity index (χ4n) is 4.29. The first-order chi connectivity index (χ1) is 10.7. The minimum absolute atomic E-state index is 0.0619. The normalized spacial score (nSPS) is 34.2. The SMILES string of the molecule is C=Cc1ccc(OC(=O)OC2(O)CC3CCC2(C)C3(C)C)cc1. The third-order valence-electron chi connectivity index (χ3n) is 6.39. The maximum absolute atomic E-state index is 12.1. The zero-order valence-corrected chi connectivity index (χ0v) is 14.0. The van der Waals surface area contributed by atoms with E-state index in [0.717, 1.165) is 18.4 Å². The molecule has 4 nitrogen and oxygen atoms in total. The molecule has 0 heterocycles. The molecule has 124 valence electrons. The van der Waals surface area contributed by atoms with Crippen LogP contribution in [0.3, 0.4) is 0 Å². The molecule has 2 saturated carbocycles. The largest absolute Gasteiger partial charge is 0.516 e. The highest BCUT2D eigenvalue weighted by Gasteiger charge is 2.71. The molecule has 3 atom stereocenters. The van der Waals surface area contributed by atoms with E-state index in [0.29, 0.717) is 18.1 Å². The molecule has 2 aliphatic rings. The van der Waals surface area contributed by atoms with Crippen molar-refractivity contribution in [2.45, 2.75) is 45.8 Å². The van der Waals surface area contributed by atoms with Gasteiger partial charge in [-0.05, 0) is 41.9 Å². The number of hydrogen-bond donors (Lipinski definition) is 1. The lowest BCUT2D eigenvalue weighted by atomic mass is 9.68. The highest BCUT2D eigenvalue weighted by atomic mass is 16.8. The van der Waals surface area contributed by atoms with Gasteiger partial charge >= 0.3 is 6.16 Å². The molecule has 2 aliphatic carbocycles. The number of fused-ring (bicyclic) bond motifs is 2. The lowest BCUT2D eigenvalue weighted by Gasteiger charge is -2.43. The smallest absolute Gasteiger partial charge is 0.401 e. The predicted molar refractivity (Wildman–Crippen MR) is 87.8 cm³/mol. The van der Waals surface area contributed by atoms with Gasteiger partial charge in [0.25, 0.3) is 0 Å². The van der Waals surface area contributed by atoms with Gasteiger partial charge in [-0.1, -0.05) is 45.6 Å². The summed E-state index contributed by atoms with van der Waals surface area (Å²) in [6.45, 7) is 9.97. The van der Waals surface area contributed by atoms with Crippen molar-refractivity contribution in [3.63, 3.8) is 0 Å². The monoisotopic (exact) mass is 316 g/mol. The van der Waals surface area contributed by atoms with E-state index in [2.05, 4.69) is 20.4 Å². The van der Waals surface area contributed by atoms with Crippen LogP contribution in [0.2, 0.25) is 0 Å². The topological polar surface area (TPSA) is 55.8 Å². The van der Waals surface area contributed by atoms with E-state index in [4.69, 9.17) is 9.47 Å². The van der Waals surface area contributed by atoms with E-state index in [-0.39, 0.29) is 5.41 Å². The number of benzene rings is 1. The first-order valence-corrected chi connectivity index (χ1v) is 8.07. The van der Waals surface area contributed by atoms with Crippen molar-refractivity contribution < 1.29 is 19.4 Å². The van der Waals surface area contributed by atoms with Crippen LogP contribution >= 0.6 is 0 Å². The maximum atomic E-state index is 12.1. The van der Waals surface area contributed by atoms with Gasteiger partial charge in [-0.2, -0.15) is 0 Å². The molecule has 0 radical (unpaired) electrons. The molecule has 1 N–H and O–H groups in total. The number of rotatable bonds is 3. The van der Waals surface area contributed by atoms with Crippen LogP contribution in [0.1, 0.15) is 45.6 Å². The van der Waals surface area contributed by atoms with Crippen LogP contribution in [0, 0.1) is 16.7 Å². The number of ether oxygens (including phenoxy) is 2. The van der Waals surface area contributed by atoms with Gasteiger partial charge in [0.15, 0.2) is 0 Å². The summed E-state index contributed by atoms with van der Waals surface area (Å²) in [7, 11) is 0. The highest BCUT2D eigenvalue weighted by molar-refractivity contribution is 5.65. The Morgan fingerprint density at radius 1 is 1.30 bits per heavy atom. The molecule has 0 amide bonds. The Bertz CT molecular complexity index is 633. The van der Waals surface area contributed by atoms with Gasteiger partial charge in [-0.15, -0.1) is 0 Å². The molecule has 2 bridgehead atoms. The van der Waals surface area contributed by atoms with E-state index in [1.54, 1.807) is 30.3 Å². The van der Waals surface area contributed by atoms with Crippen LogP contribution in [0.5, 0.6) is 5.75 Å². The summed E-state index contributed by atoms with van der Waals surface area (Å²) in [5.41, 5.74) is 0.427. The lowest BCUT2D eigenvalue weighted by molar-refractivity contribution is -0.245. The molecule has 3 rings (SSSR count).